The molecule has 0 aromatic rings. The standard InChI is InChI=1S/C12H25N3O4S/c1-2-19-6-7-20(17,18)14-9-12(16)15-11-5-3-4-10(11)8-13/h10-11,14H,2-9,13H2,1H3,(H,15,16). The van der Waals surface area contributed by atoms with Crippen LogP contribution in [-0.4, -0.2) is 52.4 Å². The van der Waals surface area contributed by atoms with Crippen LogP contribution in [0.2, 0.25) is 0 Å². The number of carbonyl (C=O) groups excluding carboxylic acids is 1. The summed E-state index contributed by atoms with van der Waals surface area (Å²) in [5.74, 6) is -0.146. The van der Waals surface area contributed by atoms with Gasteiger partial charge in [0.25, 0.3) is 0 Å². The Morgan fingerprint density at radius 3 is 2.80 bits per heavy atom. The lowest BCUT2D eigenvalue weighted by Gasteiger charge is -2.19. The normalized spacial score (nSPS) is 22.9. The van der Waals surface area contributed by atoms with Gasteiger partial charge in [-0.25, -0.2) is 13.1 Å². The third-order valence-electron chi connectivity index (χ3n) is 3.46. The maximum absolute atomic E-state index is 11.7. The second-order valence-electron chi connectivity index (χ2n) is 4.94. The molecule has 1 aliphatic carbocycles. The van der Waals surface area contributed by atoms with Crippen molar-refractivity contribution in [2.75, 3.05) is 32.1 Å². The fourth-order valence-electron chi connectivity index (χ4n) is 2.33. The van der Waals surface area contributed by atoms with Crippen molar-refractivity contribution >= 4 is 15.9 Å². The molecule has 1 aliphatic rings. The zero-order valence-electron chi connectivity index (χ0n) is 11.9. The highest BCUT2D eigenvalue weighted by atomic mass is 32.2. The van der Waals surface area contributed by atoms with Crippen LogP contribution >= 0.6 is 0 Å². The largest absolute Gasteiger partial charge is 0.381 e. The van der Waals surface area contributed by atoms with E-state index < -0.39 is 10.0 Å². The van der Waals surface area contributed by atoms with Crippen LogP contribution in [0.5, 0.6) is 0 Å². The van der Waals surface area contributed by atoms with Crippen molar-refractivity contribution in [2.24, 2.45) is 11.7 Å². The van der Waals surface area contributed by atoms with Crippen LogP contribution in [0.4, 0.5) is 0 Å². The van der Waals surface area contributed by atoms with Gasteiger partial charge >= 0.3 is 0 Å². The summed E-state index contributed by atoms with van der Waals surface area (Å²) in [6.45, 7) is 2.71. The highest BCUT2D eigenvalue weighted by Crippen LogP contribution is 2.24. The van der Waals surface area contributed by atoms with Crippen LogP contribution < -0.4 is 15.8 Å². The zero-order valence-corrected chi connectivity index (χ0v) is 12.7. The molecule has 0 spiro atoms. The molecular formula is C12H25N3O4S. The van der Waals surface area contributed by atoms with E-state index in [1.165, 1.54) is 0 Å². The highest BCUT2D eigenvalue weighted by Gasteiger charge is 2.27. The van der Waals surface area contributed by atoms with E-state index in [4.69, 9.17) is 10.5 Å². The van der Waals surface area contributed by atoms with E-state index in [0.717, 1.165) is 19.3 Å². The van der Waals surface area contributed by atoms with E-state index >= 15 is 0 Å². The quantitative estimate of drug-likeness (QED) is 0.482. The Hall–Kier alpha value is -0.700. The van der Waals surface area contributed by atoms with Gasteiger partial charge in [0.2, 0.25) is 15.9 Å². The molecule has 2 atom stereocenters. The second kappa shape index (κ2) is 8.56. The minimum atomic E-state index is -3.46. The number of ether oxygens (including phenoxy) is 1. The summed E-state index contributed by atoms with van der Waals surface area (Å²) < 4.78 is 30.4. The van der Waals surface area contributed by atoms with Gasteiger partial charge in [0.15, 0.2) is 0 Å². The van der Waals surface area contributed by atoms with Crippen LogP contribution in [0.1, 0.15) is 26.2 Å². The molecular weight excluding hydrogens is 282 g/mol. The lowest BCUT2D eigenvalue weighted by molar-refractivity contribution is -0.120. The predicted molar refractivity (Wildman–Crippen MR) is 76.6 cm³/mol. The Labute approximate surface area is 120 Å². The van der Waals surface area contributed by atoms with Crippen molar-refractivity contribution < 1.29 is 17.9 Å². The SMILES string of the molecule is CCOCCS(=O)(=O)NCC(=O)NC1CCCC1CN. The Balaban J connectivity index is 2.28. The van der Waals surface area contributed by atoms with E-state index in [0.29, 0.717) is 19.1 Å². The van der Waals surface area contributed by atoms with E-state index in [1.807, 2.05) is 0 Å². The first-order chi connectivity index (χ1) is 9.48. The maximum atomic E-state index is 11.7. The van der Waals surface area contributed by atoms with E-state index in [9.17, 15) is 13.2 Å². The predicted octanol–water partition coefficient (Wildman–Crippen LogP) is -0.814. The average Bonchev–Trinajstić information content (AvgIpc) is 2.84. The van der Waals surface area contributed by atoms with Crippen molar-refractivity contribution in [1.82, 2.24) is 10.0 Å². The summed E-state index contributed by atoms with van der Waals surface area (Å²) >= 11 is 0. The monoisotopic (exact) mass is 307 g/mol. The first-order valence-electron chi connectivity index (χ1n) is 7.03. The molecule has 0 aromatic carbocycles. The van der Waals surface area contributed by atoms with Crippen LogP contribution in [0.15, 0.2) is 0 Å². The summed E-state index contributed by atoms with van der Waals surface area (Å²) in [5.41, 5.74) is 5.63. The molecule has 118 valence electrons. The van der Waals surface area contributed by atoms with Crippen molar-refractivity contribution in [3.8, 4) is 0 Å². The van der Waals surface area contributed by atoms with Crippen LogP contribution in [0.3, 0.4) is 0 Å². The fraction of sp³-hybridized carbons (Fsp3) is 0.917. The molecule has 0 aliphatic heterocycles. The van der Waals surface area contributed by atoms with Gasteiger partial charge in [0, 0.05) is 12.6 Å². The molecule has 0 saturated heterocycles. The lowest BCUT2D eigenvalue weighted by Crippen LogP contribution is -2.45. The fourth-order valence-corrected chi connectivity index (χ4v) is 3.16. The van der Waals surface area contributed by atoms with Crippen molar-refractivity contribution in [1.29, 1.82) is 0 Å². The number of hydrogen-bond donors (Lipinski definition) is 3. The Morgan fingerprint density at radius 2 is 2.15 bits per heavy atom. The van der Waals surface area contributed by atoms with Gasteiger partial charge in [0.1, 0.15) is 0 Å². The molecule has 2 unspecified atom stereocenters. The molecule has 20 heavy (non-hydrogen) atoms. The molecule has 1 saturated carbocycles. The number of nitrogens with one attached hydrogen (secondary N) is 2. The molecule has 1 amide bonds. The molecule has 0 bridgehead atoms. The van der Waals surface area contributed by atoms with Crippen molar-refractivity contribution in [3.05, 3.63) is 0 Å². The molecule has 0 aromatic heterocycles. The minimum Gasteiger partial charge on any atom is -0.381 e. The topological polar surface area (TPSA) is 111 Å². The molecule has 8 heteroatoms. The molecule has 0 radical (unpaired) electrons. The average molecular weight is 307 g/mol. The summed E-state index contributed by atoms with van der Waals surface area (Å²) in [7, 11) is -3.46. The van der Waals surface area contributed by atoms with Gasteiger partial charge < -0.3 is 15.8 Å². The van der Waals surface area contributed by atoms with Crippen molar-refractivity contribution in [3.63, 3.8) is 0 Å². The number of hydrogen-bond acceptors (Lipinski definition) is 5. The summed E-state index contributed by atoms with van der Waals surface area (Å²) in [4.78, 5) is 11.7. The Kier molecular flexibility index (Phi) is 7.42. The smallest absolute Gasteiger partial charge is 0.235 e. The van der Waals surface area contributed by atoms with Crippen LogP contribution in [0.25, 0.3) is 0 Å². The number of sulfonamides is 1. The van der Waals surface area contributed by atoms with Gasteiger partial charge in [-0.2, -0.15) is 0 Å². The molecule has 7 nitrogen and oxygen atoms in total. The Bertz CT molecular complexity index is 400. The summed E-state index contributed by atoms with van der Waals surface area (Å²) in [6.07, 6.45) is 2.97. The summed E-state index contributed by atoms with van der Waals surface area (Å²) in [6, 6.07) is 0.0698. The number of carbonyl (C=O) groups is 1. The highest BCUT2D eigenvalue weighted by molar-refractivity contribution is 7.89. The van der Waals surface area contributed by atoms with E-state index in [1.54, 1.807) is 6.92 Å². The first kappa shape index (κ1) is 17.4. The molecule has 1 fully saturated rings. The number of rotatable bonds is 9. The zero-order chi connectivity index (χ0) is 15.0. The second-order valence-corrected chi connectivity index (χ2v) is 6.86. The van der Waals surface area contributed by atoms with Gasteiger partial charge in [-0.1, -0.05) is 6.42 Å². The lowest BCUT2D eigenvalue weighted by atomic mass is 10.0. The number of nitrogens with two attached hydrogens (primary N) is 1. The van der Waals surface area contributed by atoms with Gasteiger partial charge in [-0.3, -0.25) is 4.79 Å². The molecule has 4 N–H and O–H groups in total. The van der Waals surface area contributed by atoms with Crippen LogP contribution in [0, 0.1) is 5.92 Å². The van der Waals surface area contributed by atoms with E-state index in [-0.39, 0.29) is 30.9 Å². The van der Waals surface area contributed by atoms with Gasteiger partial charge in [-0.05, 0) is 32.2 Å². The third-order valence-corrected chi connectivity index (χ3v) is 4.75. The number of amides is 1. The van der Waals surface area contributed by atoms with Crippen molar-refractivity contribution in [2.45, 2.75) is 32.2 Å². The van der Waals surface area contributed by atoms with Gasteiger partial charge in [0.05, 0.1) is 18.9 Å². The first-order valence-corrected chi connectivity index (χ1v) is 8.68. The van der Waals surface area contributed by atoms with E-state index in [2.05, 4.69) is 10.0 Å². The molecule has 1 rings (SSSR count). The van der Waals surface area contributed by atoms with Gasteiger partial charge in [-0.15, -0.1) is 0 Å². The summed E-state index contributed by atoms with van der Waals surface area (Å²) in [5, 5.41) is 2.84. The third kappa shape index (κ3) is 6.17. The Morgan fingerprint density at radius 1 is 1.40 bits per heavy atom. The molecule has 0 heterocycles. The van der Waals surface area contributed by atoms with Crippen LogP contribution in [-0.2, 0) is 19.6 Å². The minimum absolute atomic E-state index is 0.0698. The maximum Gasteiger partial charge on any atom is 0.235 e.